The number of aromatic nitrogens is 1. The Morgan fingerprint density at radius 3 is 2.62 bits per heavy atom. The highest BCUT2D eigenvalue weighted by atomic mass is 16.6. The third-order valence-electron chi connectivity index (χ3n) is 5.19. The first kappa shape index (κ1) is 16.5. The second-order valence-corrected chi connectivity index (χ2v) is 6.67. The van der Waals surface area contributed by atoms with Gasteiger partial charge in [-0.2, -0.15) is 0 Å². The van der Waals surface area contributed by atoms with E-state index in [1.165, 1.54) is 6.07 Å². The molecular formula is C20H19N3O3. The lowest BCUT2D eigenvalue weighted by atomic mass is 9.82. The number of nitro groups is 1. The van der Waals surface area contributed by atoms with Crippen molar-refractivity contribution < 1.29 is 10.0 Å². The monoisotopic (exact) mass is 349 g/mol. The van der Waals surface area contributed by atoms with Crippen LogP contribution in [0.1, 0.15) is 18.4 Å². The lowest BCUT2D eigenvalue weighted by Gasteiger charge is -2.39. The summed E-state index contributed by atoms with van der Waals surface area (Å²) in [5.74, 6) is 0. The molecule has 1 aromatic heterocycles. The van der Waals surface area contributed by atoms with E-state index in [1.807, 2.05) is 29.2 Å². The smallest absolute Gasteiger partial charge is 0.292 e. The van der Waals surface area contributed by atoms with Crippen molar-refractivity contribution in [1.82, 2.24) is 4.98 Å². The van der Waals surface area contributed by atoms with Gasteiger partial charge in [0.25, 0.3) is 5.69 Å². The van der Waals surface area contributed by atoms with Crippen LogP contribution in [-0.2, 0) is 5.60 Å². The number of benzene rings is 2. The first-order valence-corrected chi connectivity index (χ1v) is 8.62. The minimum atomic E-state index is -0.944. The van der Waals surface area contributed by atoms with Crippen molar-refractivity contribution >= 4 is 22.1 Å². The SMILES string of the molecule is O=[N+]([O-])c1ccccc1N1CCC(O)(c2cccc3cnccc23)CC1. The Morgan fingerprint density at radius 1 is 1.08 bits per heavy atom. The van der Waals surface area contributed by atoms with Crippen LogP contribution in [0.15, 0.2) is 60.9 Å². The van der Waals surface area contributed by atoms with Crippen LogP contribution in [-0.4, -0.2) is 28.1 Å². The molecule has 1 N–H and O–H groups in total. The Morgan fingerprint density at radius 2 is 1.85 bits per heavy atom. The van der Waals surface area contributed by atoms with Crippen LogP contribution in [0.3, 0.4) is 0 Å². The van der Waals surface area contributed by atoms with Gasteiger partial charge in [-0.25, -0.2) is 0 Å². The molecule has 4 rings (SSSR count). The zero-order valence-corrected chi connectivity index (χ0v) is 14.2. The zero-order valence-electron chi connectivity index (χ0n) is 14.2. The molecule has 0 radical (unpaired) electrons. The number of aliphatic hydroxyl groups is 1. The van der Waals surface area contributed by atoms with Gasteiger partial charge in [0.05, 0.1) is 10.5 Å². The van der Waals surface area contributed by atoms with E-state index in [4.69, 9.17) is 0 Å². The second kappa shape index (κ2) is 6.38. The number of hydrogen-bond acceptors (Lipinski definition) is 5. The number of anilines is 1. The molecule has 0 amide bonds. The van der Waals surface area contributed by atoms with Crippen LogP contribution in [0.25, 0.3) is 10.8 Å². The Balaban J connectivity index is 1.63. The standard InChI is InChI=1S/C20H19N3O3/c24-20(17-5-3-4-15-14-21-11-8-16(15)17)9-12-22(13-10-20)18-6-1-2-7-19(18)23(25)26/h1-8,11,14,24H,9-10,12-13H2. The summed E-state index contributed by atoms with van der Waals surface area (Å²) >= 11 is 0. The van der Waals surface area contributed by atoms with Gasteiger partial charge in [-0.15, -0.1) is 0 Å². The van der Waals surface area contributed by atoms with E-state index in [-0.39, 0.29) is 10.6 Å². The van der Waals surface area contributed by atoms with Gasteiger partial charge in [0.15, 0.2) is 0 Å². The van der Waals surface area contributed by atoms with Gasteiger partial charge in [-0.05, 0) is 35.9 Å². The average Bonchev–Trinajstić information content (AvgIpc) is 2.68. The largest absolute Gasteiger partial charge is 0.385 e. The molecule has 0 spiro atoms. The molecule has 1 saturated heterocycles. The Labute approximate surface area is 150 Å². The van der Waals surface area contributed by atoms with Crippen LogP contribution in [0.2, 0.25) is 0 Å². The lowest BCUT2D eigenvalue weighted by molar-refractivity contribution is -0.384. The Bertz CT molecular complexity index is 960. The van der Waals surface area contributed by atoms with Gasteiger partial charge in [0, 0.05) is 36.9 Å². The quantitative estimate of drug-likeness (QED) is 0.577. The van der Waals surface area contributed by atoms with Crippen LogP contribution >= 0.6 is 0 Å². The summed E-state index contributed by atoms with van der Waals surface area (Å²) in [5.41, 5.74) is 0.677. The molecule has 6 nitrogen and oxygen atoms in total. The molecule has 0 atom stereocenters. The van der Waals surface area contributed by atoms with Crippen molar-refractivity contribution in [3.05, 3.63) is 76.6 Å². The molecule has 26 heavy (non-hydrogen) atoms. The van der Waals surface area contributed by atoms with Gasteiger partial charge < -0.3 is 10.0 Å². The number of para-hydroxylation sites is 2. The van der Waals surface area contributed by atoms with Crippen molar-refractivity contribution in [2.45, 2.75) is 18.4 Å². The highest BCUT2D eigenvalue weighted by Gasteiger charge is 2.36. The third kappa shape index (κ3) is 2.78. The molecule has 1 aliphatic rings. The molecule has 0 saturated carbocycles. The highest BCUT2D eigenvalue weighted by molar-refractivity contribution is 5.85. The molecular weight excluding hydrogens is 330 g/mol. The molecule has 0 unspecified atom stereocenters. The summed E-state index contributed by atoms with van der Waals surface area (Å²) in [4.78, 5) is 17.1. The molecule has 6 heteroatoms. The van der Waals surface area contributed by atoms with E-state index in [1.54, 1.807) is 30.6 Å². The van der Waals surface area contributed by atoms with Crippen molar-refractivity contribution in [2.75, 3.05) is 18.0 Å². The molecule has 2 heterocycles. The van der Waals surface area contributed by atoms with Gasteiger partial charge in [-0.3, -0.25) is 15.1 Å². The predicted octanol–water partition coefficient (Wildman–Crippen LogP) is 3.63. The third-order valence-corrected chi connectivity index (χ3v) is 5.19. The van der Waals surface area contributed by atoms with E-state index in [2.05, 4.69) is 4.98 Å². The number of nitrogens with zero attached hydrogens (tertiary/aromatic N) is 3. The molecule has 3 aromatic rings. The molecule has 132 valence electrons. The summed E-state index contributed by atoms with van der Waals surface area (Å²) < 4.78 is 0. The summed E-state index contributed by atoms with van der Waals surface area (Å²) in [6, 6.07) is 14.6. The van der Waals surface area contributed by atoms with Crippen LogP contribution < -0.4 is 4.90 Å². The maximum absolute atomic E-state index is 11.3. The van der Waals surface area contributed by atoms with Gasteiger partial charge in [0.1, 0.15) is 5.69 Å². The molecule has 0 aliphatic carbocycles. The minimum Gasteiger partial charge on any atom is -0.385 e. The maximum atomic E-state index is 11.3. The van der Waals surface area contributed by atoms with Gasteiger partial charge in [-0.1, -0.05) is 30.3 Å². The fraction of sp³-hybridized carbons (Fsp3) is 0.250. The lowest BCUT2D eigenvalue weighted by Crippen LogP contribution is -2.43. The molecule has 2 aromatic carbocycles. The molecule has 0 bridgehead atoms. The van der Waals surface area contributed by atoms with Crippen LogP contribution in [0.4, 0.5) is 11.4 Å². The van der Waals surface area contributed by atoms with E-state index in [0.29, 0.717) is 31.6 Å². The second-order valence-electron chi connectivity index (χ2n) is 6.67. The fourth-order valence-corrected chi connectivity index (χ4v) is 3.80. The number of piperidine rings is 1. The number of nitro benzene ring substituents is 1. The normalized spacial score (nSPS) is 16.6. The Hall–Kier alpha value is -2.99. The number of rotatable bonds is 3. The van der Waals surface area contributed by atoms with E-state index < -0.39 is 5.60 Å². The van der Waals surface area contributed by atoms with Crippen LogP contribution in [0, 0.1) is 10.1 Å². The van der Waals surface area contributed by atoms with Gasteiger partial charge in [0.2, 0.25) is 0 Å². The van der Waals surface area contributed by atoms with Crippen molar-refractivity contribution in [2.24, 2.45) is 0 Å². The first-order chi connectivity index (χ1) is 12.6. The average molecular weight is 349 g/mol. The minimum absolute atomic E-state index is 0.106. The highest BCUT2D eigenvalue weighted by Crippen LogP contribution is 2.39. The molecule has 1 fully saturated rings. The number of hydrogen-bond donors (Lipinski definition) is 1. The van der Waals surface area contributed by atoms with E-state index in [0.717, 1.165) is 16.3 Å². The zero-order chi connectivity index (χ0) is 18.1. The van der Waals surface area contributed by atoms with Crippen molar-refractivity contribution in [3.63, 3.8) is 0 Å². The van der Waals surface area contributed by atoms with Crippen LogP contribution in [0.5, 0.6) is 0 Å². The summed E-state index contributed by atoms with van der Waals surface area (Å²) in [6.07, 6.45) is 4.56. The van der Waals surface area contributed by atoms with E-state index in [9.17, 15) is 15.2 Å². The maximum Gasteiger partial charge on any atom is 0.292 e. The first-order valence-electron chi connectivity index (χ1n) is 8.62. The summed E-state index contributed by atoms with van der Waals surface area (Å²) in [5, 5.41) is 24.6. The topological polar surface area (TPSA) is 79.5 Å². The number of fused-ring (bicyclic) bond motifs is 1. The summed E-state index contributed by atoms with van der Waals surface area (Å²) in [6.45, 7) is 1.12. The van der Waals surface area contributed by atoms with Crippen molar-refractivity contribution in [1.29, 1.82) is 0 Å². The van der Waals surface area contributed by atoms with E-state index >= 15 is 0 Å². The van der Waals surface area contributed by atoms with Gasteiger partial charge >= 0.3 is 0 Å². The number of pyridine rings is 1. The predicted molar refractivity (Wildman–Crippen MR) is 100 cm³/mol. The molecule has 1 aliphatic heterocycles. The van der Waals surface area contributed by atoms with Crippen molar-refractivity contribution in [3.8, 4) is 0 Å². The summed E-state index contributed by atoms with van der Waals surface area (Å²) in [7, 11) is 0. The fourth-order valence-electron chi connectivity index (χ4n) is 3.80. The Kier molecular flexibility index (Phi) is 4.05.